The molecule has 5 nitrogen and oxygen atoms in total. The number of likely N-dealkylation sites (tertiary alicyclic amines) is 1. The number of aliphatic hydroxyl groups excluding tert-OH is 3. The van der Waals surface area contributed by atoms with Crippen LogP contribution < -0.4 is 0 Å². The van der Waals surface area contributed by atoms with Crippen LogP contribution in [0.2, 0.25) is 0 Å². The van der Waals surface area contributed by atoms with Gasteiger partial charge in [-0.2, -0.15) is 0 Å². The van der Waals surface area contributed by atoms with Crippen LogP contribution in [-0.2, 0) is 6.54 Å². The van der Waals surface area contributed by atoms with Gasteiger partial charge in [-0.05, 0) is 18.6 Å². The van der Waals surface area contributed by atoms with E-state index in [0.29, 0.717) is 19.5 Å². The van der Waals surface area contributed by atoms with Crippen LogP contribution >= 0.6 is 0 Å². The van der Waals surface area contributed by atoms with Crippen LogP contribution in [-0.4, -0.2) is 51.6 Å². The molecule has 2 heterocycles. The van der Waals surface area contributed by atoms with Crippen LogP contribution in [0.1, 0.15) is 12.2 Å². The first kappa shape index (κ1) is 11.6. The van der Waals surface area contributed by atoms with Crippen molar-refractivity contribution >= 4 is 0 Å². The molecule has 0 radical (unpaired) electrons. The van der Waals surface area contributed by atoms with E-state index in [0.717, 1.165) is 5.76 Å². The molecule has 2 rings (SSSR count). The molecular weight excluding hydrogens is 210 g/mol. The fraction of sp³-hybridized carbons (Fsp3) is 0.636. The van der Waals surface area contributed by atoms with Gasteiger partial charge in [0.1, 0.15) is 5.76 Å². The maximum atomic E-state index is 9.75. The Labute approximate surface area is 93.9 Å². The van der Waals surface area contributed by atoms with Gasteiger partial charge in [-0.25, -0.2) is 0 Å². The fourth-order valence-corrected chi connectivity index (χ4v) is 2.13. The average Bonchev–Trinajstić information content (AvgIpc) is 2.77. The number of furan rings is 1. The van der Waals surface area contributed by atoms with Crippen molar-refractivity contribution in [1.82, 2.24) is 4.90 Å². The molecule has 0 bridgehead atoms. The van der Waals surface area contributed by atoms with E-state index in [2.05, 4.69) is 0 Å². The third-order valence-electron chi connectivity index (χ3n) is 3.10. The highest BCUT2D eigenvalue weighted by molar-refractivity contribution is 5.00. The number of hydrogen-bond donors (Lipinski definition) is 3. The predicted molar refractivity (Wildman–Crippen MR) is 56.6 cm³/mol. The second kappa shape index (κ2) is 4.97. The van der Waals surface area contributed by atoms with Gasteiger partial charge < -0.3 is 19.7 Å². The molecule has 16 heavy (non-hydrogen) atoms. The molecular formula is C11H17NO4. The zero-order valence-electron chi connectivity index (χ0n) is 8.99. The summed E-state index contributed by atoms with van der Waals surface area (Å²) in [4.78, 5) is 1.93. The van der Waals surface area contributed by atoms with Gasteiger partial charge in [0.2, 0.25) is 0 Å². The minimum absolute atomic E-state index is 0.168. The first-order valence-corrected chi connectivity index (χ1v) is 5.46. The lowest BCUT2D eigenvalue weighted by Gasteiger charge is -2.40. The predicted octanol–water partition coefficient (Wildman–Crippen LogP) is -0.432. The Morgan fingerprint density at radius 1 is 1.44 bits per heavy atom. The molecule has 3 N–H and O–H groups in total. The van der Waals surface area contributed by atoms with Crippen LogP contribution in [0.3, 0.4) is 0 Å². The summed E-state index contributed by atoms with van der Waals surface area (Å²) in [5.74, 6) is 0.794. The Bertz CT molecular complexity index is 314. The number of rotatable bonds is 3. The van der Waals surface area contributed by atoms with Crippen LogP contribution in [0.15, 0.2) is 22.8 Å². The van der Waals surface area contributed by atoms with E-state index < -0.39 is 18.2 Å². The normalized spacial score (nSPS) is 31.8. The molecule has 90 valence electrons. The molecule has 1 aliphatic heterocycles. The van der Waals surface area contributed by atoms with Crippen molar-refractivity contribution in [1.29, 1.82) is 0 Å². The van der Waals surface area contributed by atoms with E-state index in [1.165, 1.54) is 0 Å². The van der Waals surface area contributed by atoms with E-state index in [9.17, 15) is 15.3 Å². The maximum Gasteiger partial charge on any atom is 0.117 e. The maximum absolute atomic E-state index is 9.75. The van der Waals surface area contributed by atoms with Crippen LogP contribution in [0.25, 0.3) is 0 Å². The summed E-state index contributed by atoms with van der Waals surface area (Å²) in [6, 6.07) is 3.23. The van der Waals surface area contributed by atoms with E-state index in [-0.39, 0.29) is 6.61 Å². The van der Waals surface area contributed by atoms with Gasteiger partial charge in [0, 0.05) is 6.54 Å². The highest BCUT2D eigenvalue weighted by Gasteiger charge is 2.35. The zero-order chi connectivity index (χ0) is 11.5. The monoisotopic (exact) mass is 227 g/mol. The number of hydrogen-bond acceptors (Lipinski definition) is 5. The highest BCUT2D eigenvalue weighted by atomic mass is 16.3. The Hall–Kier alpha value is -0.880. The van der Waals surface area contributed by atoms with Gasteiger partial charge in [-0.1, -0.05) is 0 Å². The molecule has 0 aliphatic carbocycles. The van der Waals surface area contributed by atoms with Gasteiger partial charge in [0.25, 0.3) is 0 Å². The summed E-state index contributed by atoms with van der Waals surface area (Å²) in [5.41, 5.74) is 0. The van der Waals surface area contributed by atoms with Crippen molar-refractivity contribution in [3.05, 3.63) is 24.2 Å². The molecule has 0 unspecified atom stereocenters. The second-order valence-electron chi connectivity index (χ2n) is 4.15. The van der Waals surface area contributed by atoms with Gasteiger partial charge in [-0.15, -0.1) is 0 Å². The minimum Gasteiger partial charge on any atom is -0.468 e. The lowest BCUT2D eigenvalue weighted by atomic mass is 9.96. The van der Waals surface area contributed by atoms with Gasteiger partial charge >= 0.3 is 0 Å². The van der Waals surface area contributed by atoms with Gasteiger partial charge in [-0.3, -0.25) is 4.90 Å². The average molecular weight is 227 g/mol. The lowest BCUT2D eigenvalue weighted by molar-refractivity contribution is -0.0933. The summed E-state index contributed by atoms with van der Waals surface area (Å²) in [6.07, 6.45) is 0.468. The van der Waals surface area contributed by atoms with E-state index in [1.807, 2.05) is 11.0 Å². The van der Waals surface area contributed by atoms with Gasteiger partial charge in [0.05, 0.1) is 37.7 Å². The molecule has 3 atom stereocenters. The molecule has 1 aliphatic rings. The summed E-state index contributed by atoms with van der Waals surface area (Å²) >= 11 is 0. The molecule has 0 saturated carbocycles. The Morgan fingerprint density at radius 2 is 2.25 bits per heavy atom. The molecule has 0 aromatic carbocycles. The van der Waals surface area contributed by atoms with Crippen LogP contribution in [0, 0.1) is 0 Å². The van der Waals surface area contributed by atoms with E-state index in [4.69, 9.17) is 4.42 Å². The van der Waals surface area contributed by atoms with Crippen molar-refractivity contribution < 1.29 is 19.7 Å². The molecule has 1 fully saturated rings. The highest BCUT2D eigenvalue weighted by Crippen LogP contribution is 2.20. The molecule has 1 aromatic heterocycles. The van der Waals surface area contributed by atoms with Crippen molar-refractivity contribution in [3.63, 3.8) is 0 Å². The van der Waals surface area contributed by atoms with Crippen molar-refractivity contribution in [2.45, 2.75) is 31.2 Å². The van der Waals surface area contributed by atoms with Crippen LogP contribution in [0.5, 0.6) is 0 Å². The standard InChI is InChI=1S/C11H17NO4/c13-7-9-11(15)10(14)3-4-12(9)6-8-2-1-5-16-8/h1-2,5,9-11,13-15H,3-4,6-7H2/t9-,10-,11-/m1/s1. The van der Waals surface area contributed by atoms with Gasteiger partial charge in [0.15, 0.2) is 0 Å². The van der Waals surface area contributed by atoms with Crippen molar-refractivity contribution in [2.24, 2.45) is 0 Å². The topological polar surface area (TPSA) is 77.1 Å². The molecule has 1 aromatic rings. The third kappa shape index (κ3) is 2.27. The smallest absolute Gasteiger partial charge is 0.117 e. The fourth-order valence-electron chi connectivity index (χ4n) is 2.13. The Kier molecular flexibility index (Phi) is 3.60. The summed E-state index contributed by atoms with van der Waals surface area (Å²) in [5, 5.41) is 28.5. The summed E-state index contributed by atoms with van der Waals surface area (Å²) in [6.45, 7) is 1.02. The third-order valence-corrected chi connectivity index (χ3v) is 3.10. The number of aliphatic hydroxyl groups is 3. The number of nitrogens with zero attached hydrogens (tertiary/aromatic N) is 1. The Morgan fingerprint density at radius 3 is 2.88 bits per heavy atom. The lowest BCUT2D eigenvalue weighted by Crippen LogP contribution is -2.55. The summed E-state index contributed by atoms with van der Waals surface area (Å²) < 4.78 is 5.22. The Balaban J connectivity index is 2.03. The van der Waals surface area contributed by atoms with E-state index >= 15 is 0 Å². The summed E-state index contributed by atoms with van der Waals surface area (Å²) in [7, 11) is 0. The molecule has 1 saturated heterocycles. The van der Waals surface area contributed by atoms with Crippen molar-refractivity contribution in [3.8, 4) is 0 Å². The number of piperidine rings is 1. The first-order chi connectivity index (χ1) is 7.72. The second-order valence-corrected chi connectivity index (χ2v) is 4.15. The van der Waals surface area contributed by atoms with Crippen molar-refractivity contribution in [2.75, 3.05) is 13.2 Å². The first-order valence-electron chi connectivity index (χ1n) is 5.46. The largest absolute Gasteiger partial charge is 0.468 e. The molecule has 0 spiro atoms. The quantitative estimate of drug-likeness (QED) is 0.653. The minimum atomic E-state index is -0.895. The molecule has 0 amide bonds. The van der Waals surface area contributed by atoms with E-state index in [1.54, 1.807) is 12.3 Å². The molecule has 5 heteroatoms. The van der Waals surface area contributed by atoms with Crippen LogP contribution in [0.4, 0.5) is 0 Å². The SMILES string of the molecule is OC[C@@H]1[C@@H](O)[C@H](O)CCN1Cc1ccco1. The zero-order valence-corrected chi connectivity index (χ0v) is 8.99.